The van der Waals surface area contributed by atoms with Crippen molar-refractivity contribution in [1.82, 2.24) is 9.21 Å². The van der Waals surface area contributed by atoms with Crippen molar-refractivity contribution in [2.75, 3.05) is 44.2 Å². The summed E-state index contributed by atoms with van der Waals surface area (Å²) in [5.41, 5.74) is 0.514. The van der Waals surface area contributed by atoms with E-state index in [-0.39, 0.29) is 29.7 Å². The summed E-state index contributed by atoms with van der Waals surface area (Å²) in [5, 5.41) is 0.441. The number of halogens is 2. The molecule has 1 aliphatic heterocycles. The third-order valence-corrected chi connectivity index (χ3v) is 7.13. The molecule has 1 fully saturated rings. The van der Waals surface area contributed by atoms with Gasteiger partial charge in [-0.2, -0.15) is 4.31 Å². The molecule has 0 spiro atoms. The molecule has 1 saturated heterocycles. The predicted molar refractivity (Wildman–Crippen MR) is 111 cm³/mol. The highest BCUT2D eigenvalue weighted by Gasteiger charge is 2.29. The number of likely N-dealkylation sites (N-methyl/N-ethyl adjacent to an activating group) is 1. The van der Waals surface area contributed by atoms with Crippen LogP contribution in [0.3, 0.4) is 0 Å². The minimum atomic E-state index is -3.79. The van der Waals surface area contributed by atoms with Crippen LogP contribution in [0.15, 0.2) is 53.4 Å². The van der Waals surface area contributed by atoms with Gasteiger partial charge in [-0.15, -0.1) is 0 Å². The topological polar surface area (TPSA) is 60.9 Å². The van der Waals surface area contributed by atoms with Gasteiger partial charge in [0.05, 0.1) is 17.1 Å². The lowest BCUT2D eigenvalue weighted by Crippen LogP contribution is -2.52. The lowest BCUT2D eigenvalue weighted by atomic mass is 10.2. The van der Waals surface area contributed by atoms with Crippen LogP contribution in [-0.2, 0) is 14.8 Å². The zero-order chi connectivity index (χ0) is 21.0. The third-order valence-electron chi connectivity index (χ3n) is 4.94. The predicted octanol–water partition coefficient (Wildman–Crippen LogP) is 2.84. The van der Waals surface area contributed by atoms with Crippen molar-refractivity contribution < 1.29 is 17.6 Å². The van der Waals surface area contributed by atoms with Crippen LogP contribution in [0.2, 0.25) is 5.02 Å². The third kappa shape index (κ3) is 4.88. The Bertz CT molecular complexity index is 961. The first-order chi connectivity index (χ1) is 13.8. The second kappa shape index (κ2) is 9.11. The van der Waals surface area contributed by atoms with Crippen LogP contribution in [0.25, 0.3) is 0 Å². The Hall–Kier alpha value is -2.16. The maximum Gasteiger partial charge on any atom is 0.243 e. The molecular formula is C20H23ClFN3O3S. The number of hydrogen-bond acceptors (Lipinski definition) is 4. The number of carbonyl (C=O) groups is 1. The Balaban J connectivity index is 1.63. The summed E-state index contributed by atoms with van der Waals surface area (Å²) in [6.45, 7) is 3.42. The molecule has 6 nitrogen and oxygen atoms in total. The molecule has 0 bridgehead atoms. The Morgan fingerprint density at radius 1 is 1.07 bits per heavy atom. The van der Waals surface area contributed by atoms with Gasteiger partial charge in [-0.3, -0.25) is 4.79 Å². The highest BCUT2D eigenvalue weighted by molar-refractivity contribution is 7.89. The zero-order valence-corrected chi connectivity index (χ0v) is 17.7. The van der Waals surface area contributed by atoms with E-state index in [1.54, 1.807) is 30.0 Å². The number of nitrogens with zero attached hydrogens (tertiary/aromatic N) is 3. The van der Waals surface area contributed by atoms with E-state index in [9.17, 15) is 17.6 Å². The average Bonchev–Trinajstić information content (AvgIpc) is 2.72. The number of piperazine rings is 1. The SMILES string of the molecule is CCN(CC(=O)N1CCN(c2ccccc2F)CC1)S(=O)(=O)c1ccc(Cl)cc1. The van der Waals surface area contributed by atoms with Crippen LogP contribution in [0, 0.1) is 5.82 Å². The van der Waals surface area contributed by atoms with Gasteiger partial charge >= 0.3 is 0 Å². The van der Waals surface area contributed by atoms with Gasteiger partial charge in [-0.05, 0) is 36.4 Å². The van der Waals surface area contributed by atoms with Crippen LogP contribution in [0.4, 0.5) is 10.1 Å². The molecule has 29 heavy (non-hydrogen) atoms. The molecule has 156 valence electrons. The van der Waals surface area contributed by atoms with E-state index in [2.05, 4.69) is 0 Å². The van der Waals surface area contributed by atoms with Gasteiger partial charge in [-0.1, -0.05) is 30.7 Å². The number of sulfonamides is 1. The van der Waals surface area contributed by atoms with Crippen molar-refractivity contribution in [3.05, 3.63) is 59.4 Å². The fourth-order valence-electron chi connectivity index (χ4n) is 3.28. The molecule has 0 radical (unpaired) electrons. The number of benzene rings is 2. The van der Waals surface area contributed by atoms with Crippen LogP contribution >= 0.6 is 11.6 Å². The molecule has 1 aliphatic rings. The van der Waals surface area contributed by atoms with Crippen molar-refractivity contribution in [3.63, 3.8) is 0 Å². The number of rotatable bonds is 6. The van der Waals surface area contributed by atoms with Crippen LogP contribution in [-0.4, -0.2) is 62.8 Å². The van der Waals surface area contributed by atoms with E-state index in [1.807, 2.05) is 4.90 Å². The summed E-state index contributed by atoms with van der Waals surface area (Å²) >= 11 is 5.83. The Labute approximate surface area is 175 Å². The molecule has 0 unspecified atom stereocenters. The summed E-state index contributed by atoms with van der Waals surface area (Å²) in [6, 6.07) is 12.4. The van der Waals surface area contributed by atoms with Crippen molar-refractivity contribution in [2.24, 2.45) is 0 Å². The van der Waals surface area contributed by atoms with Gasteiger partial charge in [0, 0.05) is 37.7 Å². The van der Waals surface area contributed by atoms with E-state index in [0.717, 1.165) is 4.31 Å². The first-order valence-electron chi connectivity index (χ1n) is 9.36. The molecule has 0 aliphatic carbocycles. The minimum Gasteiger partial charge on any atom is -0.366 e. The van der Waals surface area contributed by atoms with E-state index >= 15 is 0 Å². The summed E-state index contributed by atoms with van der Waals surface area (Å²) in [6.07, 6.45) is 0. The molecule has 9 heteroatoms. The maximum atomic E-state index is 14.0. The van der Waals surface area contributed by atoms with Crippen LogP contribution in [0.1, 0.15) is 6.92 Å². The fourth-order valence-corrected chi connectivity index (χ4v) is 4.80. The van der Waals surface area contributed by atoms with Crippen LogP contribution in [0.5, 0.6) is 0 Å². The first kappa shape index (κ1) is 21.5. The van der Waals surface area contributed by atoms with Gasteiger partial charge < -0.3 is 9.80 Å². The molecule has 0 aromatic heterocycles. The van der Waals surface area contributed by atoms with E-state index in [4.69, 9.17) is 11.6 Å². The van der Waals surface area contributed by atoms with Crippen molar-refractivity contribution in [3.8, 4) is 0 Å². The van der Waals surface area contributed by atoms with E-state index in [1.165, 1.54) is 30.3 Å². The fraction of sp³-hybridized carbons (Fsp3) is 0.350. The lowest BCUT2D eigenvalue weighted by molar-refractivity contribution is -0.131. The number of hydrogen-bond donors (Lipinski definition) is 0. The van der Waals surface area contributed by atoms with E-state index in [0.29, 0.717) is 36.9 Å². The lowest BCUT2D eigenvalue weighted by Gasteiger charge is -2.37. The van der Waals surface area contributed by atoms with Crippen LogP contribution < -0.4 is 4.90 Å². The van der Waals surface area contributed by atoms with Crippen molar-refractivity contribution in [1.29, 1.82) is 0 Å². The zero-order valence-electron chi connectivity index (χ0n) is 16.1. The molecule has 0 N–H and O–H groups in total. The molecule has 2 aromatic rings. The summed E-state index contributed by atoms with van der Waals surface area (Å²) in [4.78, 5) is 16.3. The summed E-state index contributed by atoms with van der Waals surface area (Å²) < 4.78 is 40.8. The molecule has 0 saturated carbocycles. The number of carbonyl (C=O) groups excluding carboxylic acids is 1. The normalized spacial score (nSPS) is 15.0. The molecule has 2 aromatic carbocycles. The highest BCUT2D eigenvalue weighted by atomic mass is 35.5. The minimum absolute atomic E-state index is 0.0981. The average molecular weight is 440 g/mol. The Morgan fingerprint density at radius 3 is 2.28 bits per heavy atom. The van der Waals surface area contributed by atoms with Gasteiger partial charge in [0.1, 0.15) is 5.82 Å². The standard InChI is InChI=1S/C20H23ClFN3O3S/c1-2-25(29(27,28)17-9-7-16(21)8-10-17)15-20(26)24-13-11-23(12-14-24)19-6-4-3-5-18(19)22/h3-10H,2,11-15H2,1H3. The van der Waals surface area contributed by atoms with Gasteiger partial charge in [-0.25, -0.2) is 12.8 Å². The molecule has 3 rings (SSSR count). The second-order valence-electron chi connectivity index (χ2n) is 6.70. The Morgan fingerprint density at radius 2 is 1.69 bits per heavy atom. The molecule has 1 heterocycles. The summed E-state index contributed by atoms with van der Waals surface area (Å²) in [7, 11) is -3.79. The van der Waals surface area contributed by atoms with Crippen molar-refractivity contribution >= 4 is 33.2 Å². The monoisotopic (exact) mass is 439 g/mol. The maximum absolute atomic E-state index is 14.0. The van der Waals surface area contributed by atoms with Gasteiger partial charge in [0.25, 0.3) is 0 Å². The number of amides is 1. The first-order valence-corrected chi connectivity index (χ1v) is 11.2. The smallest absolute Gasteiger partial charge is 0.243 e. The molecular weight excluding hydrogens is 417 g/mol. The van der Waals surface area contributed by atoms with Gasteiger partial charge in [0.2, 0.25) is 15.9 Å². The molecule has 1 amide bonds. The highest BCUT2D eigenvalue weighted by Crippen LogP contribution is 2.21. The Kier molecular flexibility index (Phi) is 6.77. The quantitative estimate of drug-likeness (QED) is 0.694. The van der Waals surface area contributed by atoms with Crippen molar-refractivity contribution in [2.45, 2.75) is 11.8 Å². The van der Waals surface area contributed by atoms with Gasteiger partial charge in [0.15, 0.2) is 0 Å². The molecule has 0 atom stereocenters. The second-order valence-corrected chi connectivity index (χ2v) is 9.08. The van der Waals surface area contributed by atoms with E-state index < -0.39 is 10.0 Å². The largest absolute Gasteiger partial charge is 0.366 e. The number of anilines is 1. The summed E-state index contributed by atoms with van der Waals surface area (Å²) in [5.74, 6) is -0.559. The number of para-hydroxylation sites is 1.